The molecule has 25 heavy (non-hydrogen) atoms. The first kappa shape index (κ1) is 16.8. The summed E-state index contributed by atoms with van der Waals surface area (Å²) in [5, 5.41) is 17.0. The molecule has 1 aromatic heterocycles. The lowest BCUT2D eigenvalue weighted by molar-refractivity contribution is -0.117. The first-order valence-corrected chi connectivity index (χ1v) is 8.31. The summed E-state index contributed by atoms with van der Waals surface area (Å²) >= 11 is 0. The van der Waals surface area contributed by atoms with Crippen molar-refractivity contribution in [3.63, 3.8) is 0 Å². The van der Waals surface area contributed by atoms with Gasteiger partial charge in [-0.25, -0.2) is 0 Å². The maximum atomic E-state index is 12.8. The second kappa shape index (κ2) is 7.70. The van der Waals surface area contributed by atoms with Crippen LogP contribution >= 0.6 is 0 Å². The number of rotatable bonds is 6. The molecule has 0 aliphatic rings. The minimum absolute atomic E-state index is 0.150. The van der Waals surface area contributed by atoms with E-state index in [2.05, 4.69) is 39.8 Å². The average molecular weight is 335 g/mol. The summed E-state index contributed by atoms with van der Waals surface area (Å²) in [5.41, 5.74) is 3.04. The van der Waals surface area contributed by atoms with Crippen molar-refractivity contribution in [1.29, 1.82) is 0 Å². The van der Waals surface area contributed by atoms with Crippen LogP contribution in [0.1, 0.15) is 42.6 Å². The minimum atomic E-state index is -0.508. The van der Waals surface area contributed by atoms with Crippen molar-refractivity contribution >= 4 is 11.6 Å². The first-order valence-electron chi connectivity index (χ1n) is 8.31. The highest BCUT2D eigenvalue weighted by Crippen LogP contribution is 2.21. The molecule has 1 amide bonds. The largest absolute Gasteiger partial charge is 0.325 e. The molecule has 128 valence electrons. The molecule has 3 aromatic rings. The number of benzene rings is 2. The van der Waals surface area contributed by atoms with E-state index in [1.165, 1.54) is 5.56 Å². The number of nitrogens with one attached hydrogen (secondary N) is 2. The Kier molecular flexibility index (Phi) is 5.18. The molecule has 1 unspecified atom stereocenters. The predicted molar refractivity (Wildman–Crippen MR) is 96.2 cm³/mol. The molecule has 0 fully saturated rings. The number of aromatic amines is 1. The number of carbonyl (C=O) groups excluding carboxylic acids is 1. The number of tetrazole rings is 1. The lowest BCUT2D eigenvalue weighted by atomic mass is 9.97. The number of amides is 1. The van der Waals surface area contributed by atoms with Crippen LogP contribution in [0.5, 0.6) is 0 Å². The van der Waals surface area contributed by atoms with Crippen LogP contribution in [0.4, 0.5) is 5.69 Å². The van der Waals surface area contributed by atoms with Gasteiger partial charge < -0.3 is 5.32 Å². The van der Waals surface area contributed by atoms with E-state index in [1.807, 2.05) is 54.6 Å². The molecule has 1 heterocycles. The van der Waals surface area contributed by atoms with Gasteiger partial charge in [0.2, 0.25) is 5.91 Å². The van der Waals surface area contributed by atoms with Gasteiger partial charge >= 0.3 is 0 Å². The van der Waals surface area contributed by atoms with Gasteiger partial charge in [-0.3, -0.25) is 4.79 Å². The number of hydrogen-bond acceptors (Lipinski definition) is 4. The van der Waals surface area contributed by atoms with Crippen LogP contribution in [0, 0.1) is 0 Å². The van der Waals surface area contributed by atoms with Crippen molar-refractivity contribution in [2.75, 3.05) is 5.32 Å². The lowest BCUT2D eigenvalue weighted by Crippen LogP contribution is -2.24. The van der Waals surface area contributed by atoms with Gasteiger partial charge in [-0.05, 0) is 35.6 Å². The van der Waals surface area contributed by atoms with Crippen molar-refractivity contribution < 1.29 is 4.79 Å². The molecule has 0 radical (unpaired) electrons. The Morgan fingerprint density at radius 2 is 1.80 bits per heavy atom. The SMILES string of the molecule is CC(C)c1ccc(NC(=O)C(Cc2ccccc2)c2nn[nH]n2)cc1. The molecule has 6 nitrogen and oxygen atoms in total. The fourth-order valence-corrected chi connectivity index (χ4v) is 2.65. The summed E-state index contributed by atoms with van der Waals surface area (Å²) in [7, 11) is 0. The highest BCUT2D eigenvalue weighted by atomic mass is 16.1. The van der Waals surface area contributed by atoms with Gasteiger partial charge in [0.15, 0.2) is 5.82 Å². The van der Waals surface area contributed by atoms with Crippen LogP contribution in [0.15, 0.2) is 54.6 Å². The summed E-state index contributed by atoms with van der Waals surface area (Å²) in [6.45, 7) is 4.28. The van der Waals surface area contributed by atoms with Crippen molar-refractivity contribution in [3.8, 4) is 0 Å². The third kappa shape index (κ3) is 4.29. The van der Waals surface area contributed by atoms with Crippen LogP contribution in [0.2, 0.25) is 0 Å². The predicted octanol–water partition coefficient (Wildman–Crippen LogP) is 3.29. The number of nitrogens with zero attached hydrogens (tertiary/aromatic N) is 3. The third-order valence-corrected chi connectivity index (χ3v) is 4.12. The van der Waals surface area contributed by atoms with Gasteiger partial charge in [0.1, 0.15) is 5.92 Å². The molecule has 0 saturated carbocycles. The van der Waals surface area contributed by atoms with Crippen molar-refractivity contribution in [2.24, 2.45) is 0 Å². The van der Waals surface area contributed by atoms with Gasteiger partial charge in [0, 0.05) is 5.69 Å². The topological polar surface area (TPSA) is 83.6 Å². The third-order valence-electron chi connectivity index (χ3n) is 4.12. The summed E-state index contributed by atoms with van der Waals surface area (Å²) in [4.78, 5) is 12.8. The van der Waals surface area contributed by atoms with Crippen LogP contribution in [0.25, 0.3) is 0 Å². The normalized spacial score (nSPS) is 12.1. The molecule has 0 bridgehead atoms. The van der Waals surface area contributed by atoms with E-state index in [1.54, 1.807) is 0 Å². The van der Waals surface area contributed by atoms with E-state index in [0.717, 1.165) is 11.3 Å². The number of carbonyl (C=O) groups is 1. The lowest BCUT2D eigenvalue weighted by Gasteiger charge is -2.14. The van der Waals surface area contributed by atoms with Crippen LogP contribution in [-0.4, -0.2) is 26.5 Å². The zero-order valence-electron chi connectivity index (χ0n) is 14.3. The smallest absolute Gasteiger partial charge is 0.235 e. The molecular weight excluding hydrogens is 314 g/mol. The zero-order chi connectivity index (χ0) is 17.6. The van der Waals surface area contributed by atoms with E-state index in [9.17, 15) is 4.79 Å². The highest BCUT2D eigenvalue weighted by molar-refractivity contribution is 5.95. The summed E-state index contributed by atoms with van der Waals surface area (Å²) in [6.07, 6.45) is 0.510. The Hall–Kier alpha value is -3.02. The van der Waals surface area contributed by atoms with E-state index >= 15 is 0 Å². The number of aromatic nitrogens is 4. The molecule has 0 saturated heterocycles. The molecule has 1 atom stereocenters. The van der Waals surface area contributed by atoms with Gasteiger partial charge in [-0.15, -0.1) is 10.2 Å². The Morgan fingerprint density at radius 1 is 1.08 bits per heavy atom. The maximum Gasteiger partial charge on any atom is 0.235 e. The molecule has 2 aromatic carbocycles. The summed E-state index contributed by atoms with van der Waals surface area (Å²) in [6, 6.07) is 17.7. The Morgan fingerprint density at radius 3 is 2.40 bits per heavy atom. The monoisotopic (exact) mass is 335 g/mol. The number of hydrogen-bond donors (Lipinski definition) is 2. The summed E-state index contributed by atoms with van der Waals surface area (Å²) < 4.78 is 0. The zero-order valence-corrected chi connectivity index (χ0v) is 14.3. The molecule has 2 N–H and O–H groups in total. The molecule has 6 heteroatoms. The fraction of sp³-hybridized carbons (Fsp3) is 0.263. The summed E-state index contributed by atoms with van der Waals surface area (Å²) in [5.74, 6) is 0.184. The van der Waals surface area contributed by atoms with Gasteiger partial charge in [0.05, 0.1) is 0 Å². The Balaban J connectivity index is 1.77. The number of anilines is 1. The van der Waals surface area contributed by atoms with Gasteiger partial charge in [0.25, 0.3) is 0 Å². The van der Waals surface area contributed by atoms with E-state index in [4.69, 9.17) is 0 Å². The second-order valence-electron chi connectivity index (χ2n) is 6.28. The van der Waals surface area contributed by atoms with Crippen molar-refractivity contribution in [3.05, 3.63) is 71.5 Å². The quantitative estimate of drug-likeness (QED) is 0.724. The number of H-pyrrole nitrogens is 1. The Labute approximate surface area is 146 Å². The average Bonchev–Trinajstić information content (AvgIpc) is 3.15. The minimum Gasteiger partial charge on any atom is -0.325 e. The van der Waals surface area contributed by atoms with Crippen LogP contribution in [-0.2, 0) is 11.2 Å². The van der Waals surface area contributed by atoms with Crippen molar-refractivity contribution in [2.45, 2.75) is 32.1 Å². The maximum absolute atomic E-state index is 12.8. The van der Waals surface area contributed by atoms with E-state index in [-0.39, 0.29) is 5.91 Å². The van der Waals surface area contributed by atoms with E-state index in [0.29, 0.717) is 18.2 Å². The molecule has 0 spiro atoms. The molecule has 0 aliphatic carbocycles. The van der Waals surface area contributed by atoms with Crippen LogP contribution < -0.4 is 5.32 Å². The highest BCUT2D eigenvalue weighted by Gasteiger charge is 2.25. The first-order chi connectivity index (χ1) is 12.1. The Bertz CT molecular complexity index is 798. The van der Waals surface area contributed by atoms with Gasteiger partial charge in [-0.2, -0.15) is 5.21 Å². The molecular formula is C19H21N5O. The standard InChI is InChI=1S/C19H21N5O/c1-13(2)15-8-10-16(11-9-15)20-19(25)17(18-21-23-24-22-18)12-14-6-4-3-5-7-14/h3-11,13,17H,12H2,1-2H3,(H,20,25)(H,21,22,23,24). The molecule has 0 aliphatic heterocycles. The second-order valence-corrected chi connectivity index (χ2v) is 6.28. The van der Waals surface area contributed by atoms with Gasteiger partial charge in [-0.1, -0.05) is 61.5 Å². The van der Waals surface area contributed by atoms with Crippen LogP contribution in [0.3, 0.4) is 0 Å². The fourth-order valence-electron chi connectivity index (χ4n) is 2.65. The molecule has 3 rings (SSSR count). The van der Waals surface area contributed by atoms with E-state index < -0.39 is 5.92 Å². The van der Waals surface area contributed by atoms with Crippen molar-refractivity contribution in [1.82, 2.24) is 20.6 Å².